The zero-order chi connectivity index (χ0) is 14.4. The number of para-hydroxylation sites is 1. The molecule has 3 heteroatoms. The van der Waals surface area contributed by atoms with Gasteiger partial charge in [-0.25, -0.2) is 0 Å². The molecular formula is C17H19NOS. The molecule has 1 atom stereocenters. The van der Waals surface area contributed by atoms with E-state index in [1.54, 1.807) is 16.7 Å². The predicted molar refractivity (Wildman–Crippen MR) is 87.2 cm³/mol. The molecular weight excluding hydrogens is 266 g/mol. The molecule has 1 amide bonds. The smallest absolute Gasteiger partial charge is 0.236 e. The normalized spacial score (nSPS) is 11.9. The van der Waals surface area contributed by atoms with E-state index in [1.165, 1.54) is 5.56 Å². The van der Waals surface area contributed by atoms with E-state index < -0.39 is 0 Å². The molecule has 2 aromatic rings. The fraction of sp³-hybridized carbons (Fsp3) is 0.235. The van der Waals surface area contributed by atoms with Gasteiger partial charge in [0, 0.05) is 18.0 Å². The third-order valence-electron chi connectivity index (χ3n) is 3.24. The summed E-state index contributed by atoms with van der Waals surface area (Å²) in [4.78, 5) is 13.9. The first-order valence-electron chi connectivity index (χ1n) is 6.66. The lowest BCUT2D eigenvalue weighted by atomic mass is 10.2. The second-order valence-corrected chi connectivity index (χ2v) is 5.98. The van der Waals surface area contributed by atoms with Gasteiger partial charge in [-0.05, 0) is 24.6 Å². The quantitative estimate of drug-likeness (QED) is 0.822. The number of nitrogens with zero attached hydrogens (tertiary/aromatic N) is 1. The van der Waals surface area contributed by atoms with Crippen LogP contribution in [0.25, 0.3) is 0 Å². The van der Waals surface area contributed by atoms with Crippen LogP contribution >= 0.6 is 11.8 Å². The van der Waals surface area contributed by atoms with Crippen molar-refractivity contribution in [2.24, 2.45) is 0 Å². The van der Waals surface area contributed by atoms with E-state index in [0.29, 0.717) is 11.0 Å². The molecule has 0 aliphatic rings. The maximum atomic E-state index is 12.2. The van der Waals surface area contributed by atoms with E-state index >= 15 is 0 Å². The van der Waals surface area contributed by atoms with Gasteiger partial charge in [0.15, 0.2) is 0 Å². The van der Waals surface area contributed by atoms with Crippen LogP contribution in [-0.4, -0.2) is 18.7 Å². The van der Waals surface area contributed by atoms with Gasteiger partial charge in [-0.1, -0.05) is 48.5 Å². The maximum absolute atomic E-state index is 12.2. The number of thioether (sulfide) groups is 1. The Kier molecular flexibility index (Phi) is 5.24. The molecule has 0 unspecified atom stereocenters. The summed E-state index contributed by atoms with van der Waals surface area (Å²) < 4.78 is 0. The minimum absolute atomic E-state index is 0.129. The van der Waals surface area contributed by atoms with Crippen LogP contribution < -0.4 is 4.90 Å². The molecule has 0 N–H and O–H groups in total. The molecule has 2 aromatic carbocycles. The molecule has 0 aliphatic carbocycles. The summed E-state index contributed by atoms with van der Waals surface area (Å²) >= 11 is 1.67. The van der Waals surface area contributed by atoms with Crippen LogP contribution in [0.3, 0.4) is 0 Å². The molecule has 0 radical (unpaired) electrons. The Morgan fingerprint density at radius 2 is 1.60 bits per heavy atom. The summed E-state index contributed by atoms with van der Waals surface area (Å²) in [6, 6.07) is 20.0. The van der Waals surface area contributed by atoms with Gasteiger partial charge in [-0.3, -0.25) is 4.79 Å². The summed E-state index contributed by atoms with van der Waals surface area (Å²) in [5, 5.41) is 0.323. The molecule has 0 bridgehead atoms. The van der Waals surface area contributed by atoms with Gasteiger partial charge < -0.3 is 4.90 Å². The topological polar surface area (TPSA) is 20.3 Å². The molecule has 0 spiro atoms. The van der Waals surface area contributed by atoms with Crippen LogP contribution in [0.2, 0.25) is 0 Å². The number of amides is 1. The van der Waals surface area contributed by atoms with Gasteiger partial charge in [0.1, 0.15) is 0 Å². The molecule has 2 rings (SSSR count). The molecule has 0 aromatic heterocycles. The standard InChI is InChI=1S/C17H19NOS/c1-14(15-9-5-3-6-10-15)20-13-17(19)18(2)16-11-7-4-8-12-16/h3-12,14H,13H2,1-2H3/t14-/m1/s1. The van der Waals surface area contributed by atoms with Gasteiger partial charge >= 0.3 is 0 Å². The van der Waals surface area contributed by atoms with Crippen molar-refractivity contribution in [1.82, 2.24) is 0 Å². The lowest BCUT2D eigenvalue weighted by Crippen LogP contribution is -2.28. The van der Waals surface area contributed by atoms with Crippen LogP contribution in [0.1, 0.15) is 17.7 Å². The van der Waals surface area contributed by atoms with Crippen LogP contribution in [0.4, 0.5) is 5.69 Å². The molecule has 2 nitrogen and oxygen atoms in total. The lowest BCUT2D eigenvalue weighted by molar-refractivity contribution is -0.115. The summed E-state index contributed by atoms with van der Waals surface area (Å²) in [6.07, 6.45) is 0. The Hall–Kier alpha value is -1.74. The minimum atomic E-state index is 0.129. The lowest BCUT2D eigenvalue weighted by Gasteiger charge is -2.18. The Labute approximate surface area is 124 Å². The van der Waals surface area contributed by atoms with Crippen molar-refractivity contribution in [3.63, 3.8) is 0 Å². The summed E-state index contributed by atoms with van der Waals surface area (Å²) in [7, 11) is 1.82. The number of rotatable bonds is 5. The molecule has 0 fully saturated rings. The van der Waals surface area contributed by atoms with Crippen molar-refractivity contribution in [3.05, 3.63) is 66.2 Å². The number of hydrogen-bond donors (Lipinski definition) is 0. The van der Waals surface area contributed by atoms with Gasteiger partial charge in [0.05, 0.1) is 5.75 Å². The van der Waals surface area contributed by atoms with Crippen LogP contribution in [0.5, 0.6) is 0 Å². The molecule has 0 aliphatic heterocycles. The van der Waals surface area contributed by atoms with Gasteiger partial charge in [0.25, 0.3) is 0 Å². The van der Waals surface area contributed by atoms with E-state index in [9.17, 15) is 4.79 Å². The SMILES string of the molecule is C[C@@H](SCC(=O)N(C)c1ccccc1)c1ccccc1. The number of carbonyl (C=O) groups excluding carboxylic acids is 1. The molecule has 104 valence electrons. The Bertz CT molecular complexity index is 541. The molecule has 0 saturated carbocycles. The first-order valence-corrected chi connectivity index (χ1v) is 7.71. The molecule has 0 saturated heterocycles. The number of benzene rings is 2. The highest BCUT2D eigenvalue weighted by atomic mass is 32.2. The summed E-state index contributed by atoms with van der Waals surface area (Å²) in [6.45, 7) is 2.13. The minimum Gasteiger partial charge on any atom is -0.315 e. The zero-order valence-electron chi connectivity index (χ0n) is 11.8. The van der Waals surface area contributed by atoms with Gasteiger partial charge in [-0.15, -0.1) is 11.8 Å². The van der Waals surface area contributed by atoms with E-state index in [2.05, 4.69) is 19.1 Å². The average molecular weight is 285 g/mol. The number of carbonyl (C=O) groups is 1. The van der Waals surface area contributed by atoms with Crippen molar-refractivity contribution < 1.29 is 4.79 Å². The summed E-state index contributed by atoms with van der Waals surface area (Å²) in [5.41, 5.74) is 2.19. The highest BCUT2D eigenvalue weighted by Gasteiger charge is 2.13. The largest absolute Gasteiger partial charge is 0.315 e. The maximum Gasteiger partial charge on any atom is 0.236 e. The van der Waals surface area contributed by atoms with Crippen LogP contribution in [-0.2, 0) is 4.79 Å². The first kappa shape index (κ1) is 14.7. The van der Waals surface area contributed by atoms with Gasteiger partial charge in [0.2, 0.25) is 5.91 Å². The highest BCUT2D eigenvalue weighted by Crippen LogP contribution is 2.28. The van der Waals surface area contributed by atoms with Crippen molar-refractivity contribution >= 4 is 23.4 Å². The predicted octanol–water partition coefficient (Wildman–Crippen LogP) is 4.14. The van der Waals surface area contributed by atoms with Gasteiger partial charge in [-0.2, -0.15) is 0 Å². The molecule has 0 heterocycles. The van der Waals surface area contributed by atoms with Crippen LogP contribution in [0.15, 0.2) is 60.7 Å². The third kappa shape index (κ3) is 3.87. The Balaban J connectivity index is 1.89. The Morgan fingerprint density at radius 1 is 1.05 bits per heavy atom. The second-order valence-electron chi connectivity index (χ2n) is 4.65. The Morgan fingerprint density at radius 3 is 2.20 bits per heavy atom. The van der Waals surface area contributed by atoms with Crippen molar-refractivity contribution in [2.45, 2.75) is 12.2 Å². The van der Waals surface area contributed by atoms with Crippen molar-refractivity contribution in [1.29, 1.82) is 0 Å². The number of anilines is 1. The second kappa shape index (κ2) is 7.15. The highest BCUT2D eigenvalue weighted by molar-refractivity contribution is 8.00. The van der Waals surface area contributed by atoms with E-state index in [4.69, 9.17) is 0 Å². The monoisotopic (exact) mass is 285 g/mol. The zero-order valence-corrected chi connectivity index (χ0v) is 12.6. The first-order chi connectivity index (χ1) is 9.68. The fourth-order valence-electron chi connectivity index (χ4n) is 1.91. The van der Waals surface area contributed by atoms with Crippen molar-refractivity contribution in [3.8, 4) is 0 Å². The third-order valence-corrected chi connectivity index (χ3v) is 4.43. The fourth-order valence-corrected chi connectivity index (χ4v) is 2.84. The van der Waals surface area contributed by atoms with E-state index in [-0.39, 0.29) is 5.91 Å². The van der Waals surface area contributed by atoms with E-state index in [0.717, 1.165) is 5.69 Å². The van der Waals surface area contributed by atoms with Crippen molar-refractivity contribution in [2.75, 3.05) is 17.7 Å². The molecule has 20 heavy (non-hydrogen) atoms. The van der Waals surface area contributed by atoms with Crippen LogP contribution in [0, 0.1) is 0 Å². The number of hydrogen-bond acceptors (Lipinski definition) is 2. The average Bonchev–Trinajstić information content (AvgIpc) is 2.53. The summed E-state index contributed by atoms with van der Waals surface area (Å²) in [5.74, 6) is 0.616. The van der Waals surface area contributed by atoms with E-state index in [1.807, 2.05) is 55.6 Å².